The van der Waals surface area contributed by atoms with Crippen LogP contribution in [-0.4, -0.2) is 48.3 Å². The lowest BCUT2D eigenvalue weighted by Gasteiger charge is -2.39. The molecule has 0 aliphatic carbocycles. The summed E-state index contributed by atoms with van der Waals surface area (Å²) in [6.45, 7) is 5.97. The molecule has 8 nitrogen and oxygen atoms in total. The van der Waals surface area contributed by atoms with Crippen molar-refractivity contribution in [3.05, 3.63) is 47.4 Å². The second-order valence-corrected chi connectivity index (χ2v) is 10.8. The highest BCUT2D eigenvalue weighted by atomic mass is 32.2. The molecule has 0 saturated heterocycles. The number of carbonyl (C=O) groups is 1. The lowest BCUT2D eigenvalue weighted by molar-refractivity contribution is -0.141. The first-order valence-corrected chi connectivity index (χ1v) is 12.9. The predicted octanol–water partition coefficient (Wildman–Crippen LogP) is 4.25. The van der Waals surface area contributed by atoms with Crippen LogP contribution in [0.5, 0.6) is 0 Å². The minimum atomic E-state index is -4.88. The Balaban J connectivity index is 1.82. The summed E-state index contributed by atoms with van der Waals surface area (Å²) >= 11 is 0. The Labute approximate surface area is 200 Å². The average Bonchev–Trinajstić information content (AvgIpc) is 3.14. The molecule has 12 heteroatoms. The Hall–Kier alpha value is -3.15. The summed E-state index contributed by atoms with van der Waals surface area (Å²) in [6, 6.07) is 6.42. The van der Waals surface area contributed by atoms with Crippen molar-refractivity contribution in [1.29, 1.82) is 0 Å². The Kier molecular flexibility index (Phi) is 6.28. The highest BCUT2D eigenvalue weighted by Gasteiger charge is 2.40. The lowest BCUT2D eigenvalue weighted by Crippen LogP contribution is -2.41. The van der Waals surface area contributed by atoms with Crippen LogP contribution in [-0.2, 0) is 27.3 Å². The predicted molar refractivity (Wildman–Crippen MR) is 123 cm³/mol. The normalized spacial score (nSPS) is 16.6. The minimum absolute atomic E-state index is 0.0459. The van der Waals surface area contributed by atoms with E-state index in [4.69, 9.17) is 4.74 Å². The number of anilines is 1. The van der Waals surface area contributed by atoms with E-state index in [1.165, 1.54) is 6.92 Å². The zero-order valence-electron chi connectivity index (χ0n) is 19.6. The molecular formula is C23H25F3N4O4S. The van der Waals surface area contributed by atoms with Gasteiger partial charge in [-0.25, -0.2) is 23.2 Å². The Bertz CT molecular complexity index is 1400. The van der Waals surface area contributed by atoms with Crippen LogP contribution in [0.25, 0.3) is 10.9 Å². The molecule has 35 heavy (non-hydrogen) atoms. The van der Waals surface area contributed by atoms with Crippen LogP contribution < -0.4 is 4.90 Å². The van der Waals surface area contributed by atoms with Gasteiger partial charge >= 0.3 is 12.1 Å². The molecule has 4 rings (SSSR count). The second-order valence-electron chi connectivity index (χ2n) is 8.75. The van der Waals surface area contributed by atoms with E-state index >= 15 is 0 Å². The van der Waals surface area contributed by atoms with Crippen LogP contribution in [0.3, 0.4) is 0 Å². The largest absolute Gasteiger partial charge is 0.462 e. The van der Waals surface area contributed by atoms with Crippen LogP contribution in [0.15, 0.2) is 35.4 Å². The molecule has 2 aromatic heterocycles. The van der Waals surface area contributed by atoms with Crippen molar-refractivity contribution in [3.63, 3.8) is 0 Å². The van der Waals surface area contributed by atoms with E-state index in [-0.39, 0.29) is 29.4 Å². The number of aromatic nitrogens is 3. The van der Waals surface area contributed by atoms with E-state index in [2.05, 4.69) is 9.97 Å². The number of rotatable bonds is 5. The van der Waals surface area contributed by atoms with Crippen molar-refractivity contribution in [2.75, 3.05) is 24.3 Å². The van der Waals surface area contributed by atoms with Crippen molar-refractivity contribution in [2.45, 2.75) is 44.4 Å². The third-order valence-electron chi connectivity index (χ3n) is 5.97. The monoisotopic (exact) mass is 510 g/mol. The van der Waals surface area contributed by atoms with Gasteiger partial charge < -0.3 is 14.2 Å². The molecular weight excluding hydrogens is 485 g/mol. The molecule has 0 N–H and O–H groups in total. The maximum Gasteiger partial charge on any atom is 0.434 e. The molecule has 188 valence electrons. The number of nitrogens with zero attached hydrogens (tertiary/aromatic N) is 4. The molecule has 0 fully saturated rings. The van der Waals surface area contributed by atoms with Crippen molar-refractivity contribution in [2.24, 2.45) is 5.92 Å². The third-order valence-corrected chi connectivity index (χ3v) is 7.08. The number of ether oxygens (including phenoxy) is 1. The molecule has 1 atom stereocenters. The number of hydrogen-bond acceptors (Lipinski definition) is 7. The van der Waals surface area contributed by atoms with Gasteiger partial charge in [0.05, 0.1) is 17.5 Å². The summed E-state index contributed by atoms with van der Waals surface area (Å²) in [4.78, 5) is 21.9. The van der Waals surface area contributed by atoms with E-state index in [0.29, 0.717) is 13.1 Å². The van der Waals surface area contributed by atoms with Crippen LogP contribution in [0, 0.1) is 5.92 Å². The number of alkyl halides is 3. The standard InChI is InChI=1S/C23H25F3N4O4S/c1-5-34-21(31)16-12-27-22(28-20(16)23(24,25)26)30-9-8-29-17-11-15(35(4,32)33)7-6-14(17)10-18(29)19(30)13(2)3/h6-7,10-13,19H,5,8-9H2,1-4H3. The molecule has 1 aliphatic rings. The number of fused-ring (bicyclic) bond motifs is 3. The topological polar surface area (TPSA) is 94.4 Å². The molecule has 0 saturated carbocycles. The number of benzene rings is 1. The van der Waals surface area contributed by atoms with Crippen LogP contribution in [0.4, 0.5) is 19.1 Å². The highest BCUT2D eigenvalue weighted by molar-refractivity contribution is 7.90. The zero-order chi connectivity index (χ0) is 25.7. The fourth-order valence-corrected chi connectivity index (χ4v) is 5.14. The molecule has 1 aliphatic heterocycles. The third kappa shape index (κ3) is 4.58. The molecule has 3 aromatic rings. The van der Waals surface area contributed by atoms with Gasteiger partial charge in [0.25, 0.3) is 0 Å². The number of halogens is 3. The smallest absolute Gasteiger partial charge is 0.434 e. The van der Waals surface area contributed by atoms with Crippen molar-refractivity contribution < 1.29 is 31.1 Å². The van der Waals surface area contributed by atoms with Gasteiger partial charge in [-0.1, -0.05) is 19.9 Å². The van der Waals surface area contributed by atoms with Crippen molar-refractivity contribution >= 4 is 32.7 Å². The Morgan fingerprint density at radius 3 is 2.54 bits per heavy atom. The van der Waals surface area contributed by atoms with E-state index in [0.717, 1.165) is 29.0 Å². The van der Waals surface area contributed by atoms with Gasteiger partial charge in [-0.2, -0.15) is 13.2 Å². The molecule has 1 unspecified atom stereocenters. The van der Waals surface area contributed by atoms with Gasteiger partial charge in [0.15, 0.2) is 15.5 Å². The number of hydrogen-bond donors (Lipinski definition) is 0. The Morgan fingerprint density at radius 1 is 1.23 bits per heavy atom. The summed E-state index contributed by atoms with van der Waals surface area (Å²) in [5.74, 6) is -1.32. The maximum absolute atomic E-state index is 13.8. The number of carbonyl (C=O) groups excluding carboxylic acids is 1. The van der Waals surface area contributed by atoms with Crippen molar-refractivity contribution in [1.82, 2.24) is 14.5 Å². The van der Waals surface area contributed by atoms with Gasteiger partial charge in [0, 0.05) is 42.1 Å². The maximum atomic E-state index is 13.8. The van der Waals surface area contributed by atoms with Gasteiger partial charge in [-0.3, -0.25) is 0 Å². The van der Waals surface area contributed by atoms with E-state index in [1.54, 1.807) is 23.1 Å². The molecule has 0 radical (unpaired) electrons. The molecule has 0 bridgehead atoms. The summed E-state index contributed by atoms with van der Waals surface area (Å²) in [5.41, 5.74) is -0.516. The molecule has 3 heterocycles. The van der Waals surface area contributed by atoms with Crippen molar-refractivity contribution in [3.8, 4) is 0 Å². The molecule has 0 amide bonds. The van der Waals surface area contributed by atoms with Gasteiger partial charge in [0.2, 0.25) is 5.95 Å². The van der Waals surface area contributed by atoms with Gasteiger partial charge in [-0.15, -0.1) is 0 Å². The highest BCUT2D eigenvalue weighted by Crippen LogP contribution is 2.39. The first-order valence-electron chi connectivity index (χ1n) is 11.0. The first-order chi connectivity index (χ1) is 16.3. The summed E-state index contributed by atoms with van der Waals surface area (Å²) in [5, 5.41) is 0.828. The van der Waals surface area contributed by atoms with E-state index in [9.17, 15) is 26.4 Å². The molecule has 1 aromatic carbocycles. The fraction of sp³-hybridized carbons (Fsp3) is 0.435. The zero-order valence-corrected chi connectivity index (χ0v) is 20.4. The van der Waals surface area contributed by atoms with Gasteiger partial charge in [0.1, 0.15) is 5.56 Å². The van der Waals surface area contributed by atoms with Gasteiger partial charge in [-0.05, 0) is 31.0 Å². The van der Waals surface area contributed by atoms with Crippen LogP contribution >= 0.6 is 0 Å². The minimum Gasteiger partial charge on any atom is -0.462 e. The molecule has 0 spiro atoms. The average molecular weight is 511 g/mol. The van der Waals surface area contributed by atoms with Crippen LogP contribution in [0.2, 0.25) is 0 Å². The Morgan fingerprint density at radius 2 is 1.94 bits per heavy atom. The first kappa shape index (κ1) is 25.0. The quantitative estimate of drug-likeness (QED) is 0.474. The SMILES string of the molecule is CCOC(=O)c1cnc(N2CCn3c(cc4ccc(S(C)(=O)=O)cc43)C2C(C)C)nc1C(F)(F)F. The van der Waals surface area contributed by atoms with E-state index in [1.807, 2.05) is 24.5 Å². The summed E-state index contributed by atoms with van der Waals surface area (Å²) in [6.07, 6.45) is -2.87. The van der Waals surface area contributed by atoms with E-state index < -0.39 is 33.2 Å². The number of sulfone groups is 1. The summed E-state index contributed by atoms with van der Waals surface area (Å²) in [7, 11) is -3.40. The second kappa shape index (κ2) is 8.81. The lowest BCUT2D eigenvalue weighted by atomic mass is 9.97. The van der Waals surface area contributed by atoms with Crippen LogP contribution in [0.1, 0.15) is 48.6 Å². The summed E-state index contributed by atoms with van der Waals surface area (Å²) < 4.78 is 72.2. The number of esters is 1. The fourth-order valence-electron chi connectivity index (χ4n) is 4.50.